The van der Waals surface area contributed by atoms with Gasteiger partial charge in [-0.05, 0) is 31.2 Å². The summed E-state index contributed by atoms with van der Waals surface area (Å²) < 4.78 is 27.2. The van der Waals surface area contributed by atoms with Gasteiger partial charge in [0.1, 0.15) is 11.6 Å². The largest absolute Gasteiger partial charge is 0.323 e. The van der Waals surface area contributed by atoms with Gasteiger partial charge in [0.15, 0.2) is 5.78 Å². The molecule has 0 radical (unpaired) electrons. The summed E-state index contributed by atoms with van der Waals surface area (Å²) in [5.41, 5.74) is 0.359. The highest BCUT2D eigenvalue weighted by Gasteiger charge is 2.10. The normalized spacial score (nSPS) is 10.3. The van der Waals surface area contributed by atoms with E-state index in [1.165, 1.54) is 37.3 Å². The van der Waals surface area contributed by atoms with Crippen molar-refractivity contribution in [2.24, 2.45) is 0 Å². The van der Waals surface area contributed by atoms with Gasteiger partial charge in [-0.25, -0.2) is 8.78 Å². The number of benzene rings is 2. The molecule has 0 fully saturated rings. The summed E-state index contributed by atoms with van der Waals surface area (Å²) in [5, 5.41) is 2.42. The number of ketones is 1. The van der Waals surface area contributed by atoms with Crippen molar-refractivity contribution in [1.29, 1.82) is 0 Å². The van der Waals surface area contributed by atoms with Crippen LogP contribution in [-0.2, 0) is 4.79 Å². The van der Waals surface area contributed by atoms with Crippen LogP contribution < -0.4 is 5.32 Å². The van der Waals surface area contributed by atoms with Crippen molar-refractivity contribution in [2.75, 3.05) is 11.1 Å². The fourth-order valence-electron chi connectivity index (χ4n) is 1.73. The third-order valence-corrected chi connectivity index (χ3v) is 3.89. The highest BCUT2D eigenvalue weighted by Crippen LogP contribution is 2.23. The molecular formula is C16H13F2NO2S. The Morgan fingerprint density at radius 2 is 1.82 bits per heavy atom. The van der Waals surface area contributed by atoms with Crippen molar-refractivity contribution in [3.63, 3.8) is 0 Å². The predicted molar refractivity (Wildman–Crippen MR) is 82.2 cm³/mol. The molecule has 2 aromatic carbocycles. The molecule has 0 atom stereocenters. The first-order valence-corrected chi connectivity index (χ1v) is 7.43. The molecule has 0 aliphatic rings. The van der Waals surface area contributed by atoms with Crippen LogP contribution >= 0.6 is 11.8 Å². The van der Waals surface area contributed by atoms with Crippen molar-refractivity contribution >= 4 is 29.1 Å². The molecule has 22 heavy (non-hydrogen) atoms. The summed E-state index contributed by atoms with van der Waals surface area (Å²) in [6, 6.07) is 9.90. The number of para-hydroxylation sites is 1. The molecule has 3 nitrogen and oxygen atoms in total. The lowest BCUT2D eigenvalue weighted by molar-refractivity contribution is -0.113. The number of nitrogens with one attached hydrogen (secondary N) is 1. The van der Waals surface area contributed by atoms with Gasteiger partial charge in [-0.15, -0.1) is 11.8 Å². The molecule has 2 rings (SSSR count). The molecule has 114 valence electrons. The molecule has 0 saturated carbocycles. The van der Waals surface area contributed by atoms with Gasteiger partial charge in [-0.3, -0.25) is 9.59 Å². The van der Waals surface area contributed by atoms with Crippen molar-refractivity contribution in [2.45, 2.75) is 11.8 Å². The van der Waals surface area contributed by atoms with E-state index < -0.39 is 17.5 Å². The second kappa shape index (κ2) is 7.17. The second-order valence-electron chi connectivity index (χ2n) is 4.52. The monoisotopic (exact) mass is 321 g/mol. The first-order valence-electron chi connectivity index (χ1n) is 6.45. The van der Waals surface area contributed by atoms with Crippen LogP contribution in [0.5, 0.6) is 0 Å². The number of amides is 1. The van der Waals surface area contributed by atoms with Gasteiger partial charge in [0.25, 0.3) is 0 Å². The lowest BCUT2D eigenvalue weighted by Gasteiger charge is -2.07. The summed E-state index contributed by atoms with van der Waals surface area (Å²) in [6.07, 6.45) is 0. The third kappa shape index (κ3) is 4.14. The molecule has 6 heteroatoms. The van der Waals surface area contributed by atoms with Crippen LogP contribution in [0.25, 0.3) is 0 Å². The highest BCUT2D eigenvalue weighted by molar-refractivity contribution is 8.00. The summed E-state index contributed by atoms with van der Waals surface area (Å²) in [4.78, 5) is 23.1. The Balaban J connectivity index is 1.97. The van der Waals surface area contributed by atoms with Crippen molar-refractivity contribution in [3.05, 3.63) is 59.7 Å². The van der Waals surface area contributed by atoms with Crippen molar-refractivity contribution in [3.8, 4) is 0 Å². The van der Waals surface area contributed by atoms with E-state index in [0.717, 1.165) is 17.8 Å². The SMILES string of the molecule is CC(=O)c1ccc(SCC(=O)Nc2ccccc2F)c(F)c1. The van der Waals surface area contributed by atoms with Crippen molar-refractivity contribution in [1.82, 2.24) is 0 Å². The first kappa shape index (κ1) is 16.2. The lowest BCUT2D eigenvalue weighted by Crippen LogP contribution is -2.15. The van der Waals surface area contributed by atoms with Gasteiger partial charge in [0, 0.05) is 10.5 Å². The Kier molecular flexibility index (Phi) is 5.27. The maximum Gasteiger partial charge on any atom is 0.234 e. The Morgan fingerprint density at radius 3 is 2.45 bits per heavy atom. The van der Waals surface area contributed by atoms with E-state index in [1.54, 1.807) is 6.07 Å². The van der Waals surface area contributed by atoms with E-state index >= 15 is 0 Å². The summed E-state index contributed by atoms with van der Waals surface area (Å²) in [5.74, 6) is -1.82. The lowest BCUT2D eigenvalue weighted by atomic mass is 10.1. The molecule has 1 amide bonds. The number of thioether (sulfide) groups is 1. The minimum atomic E-state index is -0.559. The van der Waals surface area contributed by atoms with E-state index in [9.17, 15) is 18.4 Å². The summed E-state index contributed by atoms with van der Waals surface area (Å²) in [7, 11) is 0. The quantitative estimate of drug-likeness (QED) is 0.671. The van der Waals surface area contributed by atoms with Crippen LogP contribution in [0.15, 0.2) is 47.4 Å². The zero-order chi connectivity index (χ0) is 16.1. The smallest absolute Gasteiger partial charge is 0.234 e. The maximum atomic E-state index is 13.8. The molecule has 1 N–H and O–H groups in total. The fraction of sp³-hybridized carbons (Fsp3) is 0.125. The van der Waals surface area contributed by atoms with Crippen LogP contribution in [-0.4, -0.2) is 17.4 Å². The number of halogens is 2. The standard InChI is InChI=1S/C16H13F2NO2S/c1-10(20)11-6-7-15(13(18)8-11)22-9-16(21)19-14-5-3-2-4-12(14)17/h2-8H,9H2,1H3,(H,19,21). The molecule has 0 bridgehead atoms. The number of rotatable bonds is 5. The van der Waals surface area contributed by atoms with Gasteiger partial charge < -0.3 is 5.32 Å². The van der Waals surface area contributed by atoms with E-state index in [0.29, 0.717) is 0 Å². The zero-order valence-corrected chi connectivity index (χ0v) is 12.5. The van der Waals surface area contributed by atoms with Crippen molar-refractivity contribution < 1.29 is 18.4 Å². The number of hydrogen-bond donors (Lipinski definition) is 1. The molecule has 0 aliphatic heterocycles. The van der Waals surface area contributed by atoms with Crippen LogP contribution in [0.4, 0.5) is 14.5 Å². The summed E-state index contributed by atoms with van der Waals surface area (Å²) >= 11 is 0.980. The molecule has 0 heterocycles. The molecule has 0 unspecified atom stereocenters. The van der Waals surface area contributed by atoms with Gasteiger partial charge >= 0.3 is 0 Å². The Labute approximate surface area is 130 Å². The van der Waals surface area contributed by atoms with Gasteiger partial charge in [0.05, 0.1) is 11.4 Å². The first-order chi connectivity index (χ1) is 10.5. The number of hydrogen-bond acceptors (Lipinski definition) is 3. The number of anilines is 1. The molecule has 2 aromatic rings. The highest BCUT2D eigenvalue weighted by atomic mass is 32.2. The van der Waals surface area contributed by atoms with Gasteiger partial charge in [-0.2, -0.15) is 0 Å². The average molecular weight is 321 g/mol. The average Bonchev–Trinajstić information content (AvgIpc) is 2.48. The number of carbonyl (C=O) groups excluding carboxylic acids is 2. The molecular weight excluding hydrogens is 308 g/mol. The van der Waals surface area contributed by atoms with Crippen LogP contribution in [0.2, 0.25) is 0 Å². The Bertz CT molecular complexity index is 719. The molecule has 0 spiro atoms. The third-order valence-electron chi connectivity index (χ3n) is 2.85. The van der Waals surface area contributed by atoms with E-state index in [-0.39, 0.29) is 27.7 Å². The molecule has 0 aromatic heterocycles. The van der Waals surface area contributed by atoms with Crippen LogP contribution in [0.1, 0.15) is 17.3 Å². The predicted octanol–water partition coefficient (Wildman–Crippen LogP) is 3.90. The molecule has 0 aliphatic carbocycles. The number of carbonyl (C=O) groups is 2. The zero-order valence-electron chi connectivity index (χ0n) is 11.7. The summed E-state index contributed by atoms with van der Waals surface area (Å²) in [6.45, 7) is 1.35. The number of Topliss-reactive ketones (excluding diaryl/α,β-unsaturated/α-hetero) is 1. The minimum Gasteiger partial charge on any atom is -0.323 e. The van der Waals surface area contributed by atoms with Crippen LogP contribution in [0.3, 0.4) is 0 Å². The second-order valence-corrected chi connectivity index (χ2v) is 5.54. The van der Waals surface area contributed by atoms with Gasteiger partial charge in [0.2, 0.25) is 5.91 Å². The van der Waals surface area contributed by atoms with E-state index in [1.807, 2.05) is 0 Å². The van der Waals surface area contributed by atoms with E-state index in [2.05, 4.69) is 5.32 Å². The maximum absolute atomic E-state index is 13.8. The Morgan fingerprint density at radius 1 is 1.09 bits per heavy atom. The van der Waals surface area contributed by atoms with Gasteiger partial charge in [-0.1, -0.05) is 18.2 Å². The molecule has 0 saturated heterocycles. The Hall–Kier alpha value is -2.21. The van der Waals surface area contributed by atoms with Crippen LogP contribution in [0, 0.1) is 11.6 Å². The minimum absolute atomic E-state index is 0.0648. The fourth-order valence-corrected chi connectivity index (χ4v) is 2.45. The van der Waals surface area contributed by atoms with E-state index in [4.69, 9.17) is 0 Å². The topological polar surface area (TPSA) is 46.2 Å².